The van der Waals surface area contributed by atoms with Crippen LogP contribution in [0.15, 0.2) is 18.2 Å². The topological polar surface area (TPSA) is 83.8 Å². The molecule has 1 fully saturated rings. The normalized spacial score (nSPS) is 18.3. The molecule has 0 aromatic heterocycles. The number of hydrogen-bond donors (Lipinski definition) is 0. The van der Waals surface area contributed by atoms with Crippen LogP contribution in [0.1, 0.15) is 59.7 Å². The first-order valence-electron chi connectivity index (χ1n) is 8.42. The van der Waals surface area contributed by atoms with Gasteiger partial charge in [0.15, 0.2) is 0 Å². The first-order chi connectivity index (χ1) is 11.5. The zero-order valence-corrected chi connectivity index (χ0v) is 13.7. The van der Waals surface area contributed by atoms with Crippen molar-refractivity contribution >= 4 is 17.5 Å². The lowest BCUT2D eigenvalue weighted by molar-refractivity contribution is -0.385. The molecule has 0 spiro atoms. The third-order valence-corrected chi connectivity index (χ3v) is 4.99. The van der Waals surface area contributed by atoms with Crippen molar-refractivity contribution in [2.24, 2.45) is 0 Å². The van der Waals surface area contributed by atoms with Crippen molar-refractivity contribution < 1.29 is 14.5 Å². The van der Waals surface area contributed by atoms with Gasteiger partial charge in [-0.15, -0.1) is 0 Å². The first kappa shape index (κ1) is 16.6. The van der Waals surface area contributed by atoms with E-state index in [0.717, 1.165) is 37.1 Å². The molecule has 0 atom stereocenters. The number of fused-ring (bicyclic) bond motifs is 1. The van der Waals surface area contributed by atoms with E-state index in [9.17, 15) is 19.7 Å². The summed E-state index contributed by atoms with van der Waals surface area (Å²) in [4.78, 5) is 39.0. The molecule has 1 saturated carbocycles. The van der Waals surface area contributed by atoms with Gasteiger partial charge < -0.3 is 0 Å². The van der Waals surface area contributed by atoms with Crippen molar-refractivity contribution in [2.75, 3.05) is 13.2 Å². The van der Waals surface area contributed by atoms with Gasteiger partial charge in [0.1, 0.15) is 5.56 Å². The number of nitrogens with zero attached hydrogens (tertiary/aromatic N) is 3. The fourth-order valence-corrected chi connectivity index (χ4v) is 3.70. The van der Waals surface area contributed by atoms with Crippen LogP contribution in [0.3, 0.4) is 0 Å². The number of benzene rings is 1. The predicted octanol–water partition coefficient (Wildman–Crippen LogP) is 2.80. The summed E-state index contributed by atoms with van der Waals surface area (Å²) < 4.78 is 0. The Bertz CT molecular complexity index is 682. The van der Waals surface area contributed by atoms with Gasteiger partial charge in [-0.2, -0.15) is 0 Å². The quantitative estimate of drug-likeness (QED) is 0.470. The molecule has 0 N–H and O–H groups in total. The van der Waals surface area contributed by atoms with E-state index in [-0.39, 0.29) is 23.5 Å². The molecular formula is C17H21N3O4. The third-order valence-electron chi connectivity index (χ3n) is 4.99. The maximum Gasteiger partial charge on any atom is 0.282 e. The Morgan fingerprint density at radius 2 is 1.92 bits per heavy atom. The highest BCUT2D eigenvalue weighted by atomic mass is 16.6. The summed E-state index contributed by atoms with van der Waals surface area (Å²) in [6.45, 7) is 2.94. The Balaban J connectivity index is 1.85. The van der Waals surface area contributed by atoms with Gasteiger partial charge in [-0.1, -0.05) is 32.3 Å². The van der Waals surface area contributed by atoms with Crippen LogP contribution >= 0.6 is 0 Å². The molecule has 1 heterocycles. The third kappa shape index (κ3) is 2.80. The van der Waals surface area contributed by atoms with Crippen LogP contribution in [-0.4, -0.2) is 45.8 Å². The number of nitro benzene ring substituents is 1. The number of carbonyl (C=O) groups excluding carboxylic acids is 2. The van der Waals surface area contributed by atoms with Crippen molar-refractivity contribution in [1.82, 2.24) is 9.80 Å². The van der Waals surface area contributed by atoms with Gasteiger partial charge in [0, 0.05) is 12.1 Å². The Morgan fingerprint density at radius 3 is 2.54 bits per heavy atom. The first-order valence-corrected chi connectivity index (χ1v) is 8.42. The van der Waals surface area contributed by atoms with Crippen LogP contribution in [0.5, 0.6) is 0 Å². The van der Waals surface area contributed by atoms with Gasteiger partial charge >= 0.3 is 0 Å². The lowest BCUT2D eigenvalue weighted by Gasteiger charge is -2.35. The maximum absolute atomic E-state index is 12.6. The minimum absolute atomic E-state index is 0.0767. The molecule has 2 amide bonds. The van der Waals surface area contributed by atoms with Gasteiger partial charge in [-0.3, -0.25) is 29.5 Å². The number of rotatable bonds is 5. The van der Waals surface area contributed by atoms with E-state index in [2.05, 4.69) is 4.90 Å². The summed E-state index contributed by atoms with van der Waals surface area (Å²) in [7, 11) is 0. The molecule has 3 rings (SSSR count). The molecule has 7 nitrogen and oxygen atoms in total. The average molecular weight is 331 g/mol. The fraction of sp³-hybridized carbons (Fsp3) is 0.529. The Morgan fingerprint density at radius 1 is 1.21 bits per heavy atom. The van der Waals surface area contributed by atoms with Gasteiger partial charge in [0.05, 0.1) is 17.2 Å². The lowest BCUT2D eigenvalue weighted by atomic mass is 9.94. The minimum atomic E-state index is -0.605. The minimum Gasteiger partial charge on any atom is -0.283 e. The lowest BCUT2D eigenvalue weighted by Crippen LogP contribution is -2.46. The van der Waals surface area contributed by atoms with Crippen LogP contribution in [0.25, 0.3) is 0 Å². The second kappa shape index (κ2) is 6.68. The Hall–Kier alpha value is -2.28. The molecular weight excluding hydrogens is 310 g/mol. The highest BCUT2D eigenvalue weighted by molar-refractivity contribution is 6.23. The number of amides is 2. The predicted molar refractivity (Wildman–Crippen MR) is 87.7 cm³/mol. The highest BCUT2D eigenvalue weighted by Gasteiger charge is 2.41. The van der Waals surface area contributed by atoms with E-state index >= 15 is 0 Å². The Labute approximate surface area is 140 Å². The van der Waals surface area contributed by atoms with Gasteiger partial charge in [-0.05, 0) is 25.5 Å². The molecule has 1 aromatic rings. The highest BCUT2D eigenvalue weighted by Crippen LogP contribution is 2.31. The number of carbonyl (C=O) groups is 2. The molecule has 0 unspecified atom stereocenters. The fourth-order valence-electron chi connectivity index (χ4n) is 3.70. The zero-order chi connectivity index (χ0) is 17.3. The van der Waals surface area contributed by atoms with Crippen molar-refractivity contribution in [3.05, 3.63) is 39.4 Å². The standard InChI is InChI=1S/C17H21N3O4/c1-2-18(12-7-4-3-5-8-12)11-19-16(21)13-9-6-10-14(20(23)24)15(13)17(19)22/h6,9-10,12H,2-5,7-8,11H2,1H3. The van der Waals surface area contributed by atoms with Crippen LogP contribution in [0.4, 0.5) is 5.69 Å². The van der Waals surface area contributed by atoms with Crippen LogP contribution in [0, 0.1) is 10.1 Å². The molecule has 24 heavy (non-hydrogen) atoms. The van der Waals surface area contributed by atoms with E-state index < -0.39 is 16.7 Å². The summed E-state index contributed by atoms with van der Waals surface area (Å²) in [5.41, 5.74) is -0.241. The molecule has 1 aliphatic carbocycles. The van der Waals surface area contributed by atoms with E-state index in [4.69, 9.17) is 0 Å². The molecule has 7 heteroatoms. The summed E-state index contributed by atoms with van der Waals surface area (Å²) in [5.74, 6) is -0.996. The average Bonchev–Trinajstić information content (AvgIpc) is 2.84. The van der Waals surface area contributed by atoms with Gasteiger partial charge in [-0.25, -0.2) is 0 Å². The van der Waals surface area contributed by atoms with Crippen LogP contribution in [0.2, 0.25) is 0 Å². The molecule has 0 saturated heterocycles. The summed E-state index contributed by atoms with van der Waals surface area (Å²) in [5, 5.41) is 11.2. The van der Waals surface area contributed by atoms with Crippen molar-refractivity contribution in [1.29, 1.82) is 0 Å². The van der Waals surface area contributed by atoms with Crippen molar-refractivity contribution in [3.63, 3.8) is 0 Å². The molecule has 0 bridgehead atoms. The van der Waals surface area contributed by atoms with E-state index in [1.165, 1.54) is 24.6 Å². The van der Waals surface area contributed by atoms with Gasteiger partial charge in [0.2, 0.25) is 0 Å². The number of imide groups is 1. The SMILES string of the molecule is CCN(CN1C(=O)c2cccc([N+](=O)[O-])c2C1=O)C1CCCCC1. The van der Waals surface area contributed by atoms with E-state index in [1.807, 2.05) is 6.92 Å². The monoisotopic (exact) mass is 331 g/mol. The zero-order valence-electron chi connectivity index (χ0n) is 13.7. The van der Waals surface area contributed by atoms with Gasteiger partial charge in [0.25, 0.3) is 17.5 Å². The van der Waals surface area contributed by atoms with E-state index in [0.29, 0.717) is 6.04 Å². The summed E-state index contributed by atoms with van der Waals surface area (Å²) >= 11 is 0. The Kier molecular flexibility index (Phi) is 4.62. The summed E-state index contributed by atoms with van der Waals surface area (Å²) in [6, 6.07) is 4.57. The molecule has 0 radical (unpaired) electrons. The van der Waals surface area contributed by atoms with Crippen LogP contribution in [-0.2, 0) is 0 Å². The van der Waals surface area contributed by atoms with E-state index in [1.54, 1.807) is 0 Å². The second-order valence-electron chi connectivity index (χ2n) is 6.33. The molecule has 1 aliphatic heterocycles. The molecule has 128 valence electrons. The number of nitro groups is 1. The molecule has 1 aromatic carbocycles. The largest absolute Gasteiger partial charge is 0.283 e. The maximum atomic E-state index is 12.6. The van der Waals surface area contributed by atoms with Crippen molar-refractivity contribution in [2.45, 2.75) is 45.1 Å². The smallest absolute Gasteiger partial charge is 0.282 e. The molecule has 2 aliphatic rings. The van der Waals surface area contributed by atoms with Crippen molar-refractivity contribution in [3.8, 4) is 0 Å². The second-order valence-corrected chi connectivity index (χ2v) is 6.33. The van der Waals surface area contributed by atoms with Crippen LogP contribution < -0.4 is 0 Å². The number of hydrogen-bond acceptors (Lipinski definition) is 5. The summed E-state index contributed by atoms with van der Waals surface area (Å²) in [6.07, 6.45) is 5.69.